The number of anilines is 1. The number of oxime groups is 1. The molecule has 0 bridgehead atoms. The Morgan fingerprint density at radius 3 is 2.70 bits per heavy atom. The zero-order valence-electron chi connectivity index (χ0n) is 14.1. The molecule has 150 valence electrons. The van der Waals surface area contributed by atoms with Gasteiger partial charge in [0.1, 0.15) is 17.4 Å². The number of rotatable bonds is 9. The number of hydroxylamine groups is 2. The number of nitrogen functional groups attached to an aromatic ring is 1. The Morgan fingerprint density at radius 1 is 1.56 bits per heavy atom. The molecule has 1 fully saturated rings. The maximum Gasteiger partial charge on any atom is 0.418 e. The molecule has 1 aromatic rings. The van der Waals surface area contributed by atoms with Crippen LogP contribution >= 0.6 is 11.3 Å². The van der Waals surface area contributed by atoms with Crippen molar-refractivity contribution >= 4 is 44.5 Å². The Balaban J connectivity index is 2.08. The van der Waals surface area contributed by atoms with Gasteiger partial charge < -0.3 is 15.7 Å². The van der Waals surface area contributed by atoms with Crippen LogP contribution in [0.25, 0.3) is 0 Å². The first kappa shape index (κ1) is 21.0. The maximum absolute atomic E-state index is 12.1. The summed E-state index contributed by atoms with van der Waals surface area (Å²) in [6, 6.07) is -0.875. The summed E-state index contributed by atoms with van der Waals surface area (Å²) in [6.07, 6.45) is 0. The molecule has 1 aliphatic heterocycles. The standard InChI is InChI=1S/C12H17N5O8S2/c1-12(2)9(10(20)17(12)25-27(21,22)23)14-3-6(16-24-4-8(18)19)7-5-26-11(13)15-7/h5,9,14H,3-4H2,1-2H3,(H2,13,15)(H,18,19)(H,21,22,23)/b16-6-. The third kappa shape index (κ3) is 5.10. The average molecular weight is 423 g/mol. The number of nitrogens with two attached hydrogens (primary N) is 1. The smallest absolute Gasteiger partial charge is 0.418 e. The lowest BCUT2D eigenvalue weighted by atomic mass is 9.84. The van der Waals surface area contributed by atoms with Gasteiger partial charge >= 0.3 is 16.4 Å². The number of carboxylic acids is 1. The van der Waals surface area contributed by atoms with Gasteiger partial charge in [-0.25, -0.2) is 9.78 Å². The largest absolute Gasteiger partial charge is 0.479 e. The van der Waals surface area contributed by atoms with Crippen LogP contribution in [-0.2, 0) is 29.1 Å². The number of aromatic nitrogens is 1. The Bertz CT molecular complexity index is 865. The first-order valence-electron chi connectivity index (χ1n) is 7.28. The van der Waals surface area contributed by atoms with E-state index in [4.69, 9.17) is 20.2 Å². The lowest BCUT2D eigenvalue weighted by Gasteiger charge is -2.50. The van der Waals surface area contributed by atoms with E-state index in [-0.39, 0.29) is 17.4 Å². The van der Waals surface area contributed by atoms with E-state index in [2.05, 4.69) is 19.7 Å². The number of β-lactam (4-membered cyclic amide) rings is 1. The van der Waals surface area contributed by atoms with E-state index < -0.39 is 40.5 Å². The zero-order valence-corrected chi connectivity index (χ0v) is 15.8. The highest BCUT2D eigenvalue weighted by atomic mass is 32.3. The molecule has 0 saturated carbocycles. The van der Waals surface area contributed by atoms with Crippen LogP contribution in [0, 0.1) is 0 Å². The highest BCUT2D eigenvalue weighted by molar-refractivity contribution is 7.80. The number of carbonyl (C=O) groups is 2. The fourth-order valence-corrected chi connectivity index (χ4v) is 3.30. The molecule has 1 aromatic heterocycles. The minimum Gasteiger partial charge on any atom is -0.479 e. The number of hydrogen-bond donors (Lipinski definition) is 4. The Labute approximate surface area is 157 Å². The van der Waals surface area contributed by atoms with Crippen LogP contribution in [0.1, 0.15) is 19.5 Å². The molecule has 0 aromatic carbocycles. The van der Waals surface area contributed by atoms with Gasteiger partial charge in [0.05, 0.1) is 5.54 Å². The van der Waals surface area contributed by atoms with Crippen LogP contribution in [0.15, 0.2) is 10.5 Å². The summed E-state index contributed by atoms with van der Waals surface area (Å²) in [5.74, 6) is -1.96. The van der Waals surface area contributed by atoms with Crippen molar-refractivity contribution in [2.24, 2.45) is 5.16 Å². The lowest BCUT2D eigenvalue weighted by Crippen LogP contribution is -2.76. The van der Waals surface area contributed by atoms with E-state index in [9.17, 15) is 18.0 Å². The second kappa shape index (κ2) is 7.73. The number of carbonyl (C=O) groups excluding carboxylic acids is 1. The molecule has 1 atom stereocenters. The van der Waals surface area contributed by atoms with Crippen LogP contribution in [0.4, 0.5) is 5.13 Å². The number of thiazole rings is 1. The second-order valence-electron chi connectivity index (χ2n) is 5.88. The maximum atomic E-state index is 12.1. The summed E-state index contributed by atoms with van der Waals surface area (Å²) in [5, 5.41) is 17.5. The van der Waals surface area contributed by atoms with E-state index in [1.807, 2.05) is 0 Å². The Kier molecular flexibility index (Phi) is 6.01. The first-order valence-corrected chi connectivity index (χ1v) is 9.52. The number of nitrogens with zero attached hydrogens (tertiary/aromatic N) is 3. The van der Waals surface area contributed by atoms with E-state index >= 15 is 0 Å². The number of carboxylic acid groups (broad SMARTS) is 1. The fraction of sp³-hybridized carbons (Fsp3) is 0.500. The molecule has 5 N–H and O–H groups in total. The van der Waals surface area contributed by atoms with Crippen molar-refractivity contribution in [2.75, 3.05) is 18.9 Å². The third-order valence-electron chi connectivity index (χ3n) is 3.50. The van der Waals surface area contributed by atoms with Gasteiger partial charge in [-0.3, -0.25) is 14.7 Å². The molecule has 1 amide bonds. The van der Waals surface area contributed by atoms with Crippen molar-refractivity contribution in [3.63, 3.8) is 0 Å². The molecule has 1 saturated heterocycles. The Morgan fingerprint density at radius 2 is 2.22 bits per heavy atom. The van der Waals surface area contributed by atoms with Crippen LogP contribution in [0.5, 0.6) is 0 Å². The van der Waals surface area contributed by atoms with Crippen molar-refractivity contribution in [1.82, 2.24) is 15.4 Å². The summed E-state index contributed by atoms with van der Waals surface area (Å²) >= 11 is 1.13. The highest BCUT2D eigenvalue weighted by Gasteiger charge is 2.57. The molecule has 0 spiro atoms. The monoisotopic (exact) mass is 423 g/mol. The van der Waals surface area contributed by atoms with Gasteiger partial charge in [-0.2, -0.15) is 13.5 Å². The molecule has 1 unspecified atom stereocenters. The van der Waals surface area contributed by atoms with E-state index in [1.54, 1.807) is 5.38 Å². The van der Waals surface area contributed by atoms with Crippen molar-refractivity contribution in [2.45, 2.75) is 25.4 Å². The number of hydrogen-bond acceptors (Lipinski definition) is 11. The fourth-order valence-electron chi connectivity index (χ4n) is 2.27. The first-order chi connectivity index (χ1) is 12.4. The minimum absolute atomic E-state index is 0.0671. The highest BCUT2D eigenvalue weighted by Crippen LogP contribution is 2.32. The molecular formula is C12H17N5O8S2. The van der Waals surface area contributed by atoms with E-state index in [1.165, 1.54) is 13.8 Å². The van der Waals surface area contributed by atoms with Crippen LogP contribution in [-0.4, -0.2) is 70.4 Å². The summed E-state index contributed by atoms with van der Waals surface area (Å²) in [6.45, 7) is 2.28. The van der Waals surface area contributed by atoms with E-state index in [0.29, 0.717) is 10.8 Å². The van der Waals surface area contributed by atoms with E-state index in [0.717, 1.165) is 11.3 Å². The van der Waals surface area contributed by atoms with Gasteiger partial charge in [-0.15, -0.1) is 15.6 Å². The molecule has 27 heavy (non-hydrogen) atoms. The topological polar surface area (TPSA) is 194 Å². The third-order valence-corrected chi connectivity index (χ3v) is 4.51. The molecule has 2 rings (SSSR count). The van der Waals surface area contributed by atoms with Gasteiger partial charge in [0.15, 0.2) is 5.13 Å². The molecule has 0 aliphatic carbocycles. The zero-order chi connectivity index (χ0) is 20.4. The number of nitrogens with one attached hydrogen (secondary N) is 1. The SMILES string of the molecule is CC1(C)C(NC/C(=N/OCC(=O)O)c2csc(N)n2)C(=O)N1OS(=O)(=O)O. The van der Waals surface area contributed by atoms with Crippen molar-refractivity contribution < 1.29 is 36.8 Å². The van der Waals surface area contributed by atoms with Gasteiger partial charge in [0.2, 0.25) is 6.61 Å². The summed E-state index contributed by atoms with van der Waals surface area (Å²) in [5.41, 5.74) is 4.97. The summed E-state index contributed by atoms with van der Waals surface area (Å²) in [4.78, 5) is 31.4. The van der Waals surface area contributed by atoms with Gasteiger partial charge in [0, 0.05) is 11.9 Å². The van der Waals surface area contributed by atoms with Gasteiger partial charge in [0.25, 0.3) is 5.91 Å². The molecule has 13 nitrogen and oxygen atoms in total. The quantitative estimate of drug-likeness (QED) is 0.162. The van der Waals surface area contributed by atoms with Crippen molar-refractivity contribution in [3.8, 4) is 0 Å². The lowest BCUT2D eigenvalue weighted by molar-refractivity contribution is -0.218. The second-order valence-corrected chi connectivity index (χ2v) is 7.77. The molecular weight excluding hydrogens is 406 g/mol. The van der Waals surface area contributed by atoms with Gasteiger partial charge in [-0.05, 0) is 13.8 Å². The molecule has 2 heterocycles. The van der Waals surface area contributed by atoms with Crippen molar-refractivity contribution in [3.05, 3.63) is 11.1 Å². The normalized spacial score (nSPS) is 19.7. The molecule has 0 radical (unpaired) electrons. The number of aliphatic carboxylic acids is 1. The van der Waals surface area contributed by atoms with Crippen LogP contribution in [0.3, 0.4) is 0 Å². The summed E-state index contributed by atoms with van der Waals surface area (Å²) < 4.78 is 34.6. The summed E-state index contributed by atoms with van der Waals surface area (Å²) in [7, 11) is -4.85. The molecule has 1 aliphatic rings. The molecule has 15 heteroatoms. The Hall–Kier alpha value is -2.33. The predicted octanol–water partition coefficient (Wildman–Crippen LogP) is -1.16. The van der Waals surface area contributed by atoms with Crippen LogP contribution in [0.2, 0.25) is 0 Å². The van der Waals surface area contributed by atoms with Gasteiger partial charge in [-0.1, -0.05) is 5.16 Å². The van der Waals surface area contributed by atoms with Crippen molar-refractivity contribution in [1.29, 1.82) is 0 Å². The predicted molar refractivity (Wildman–Crippen MR) is 92.0 cm³/mol. The minimum atomic E-state index is -4.85. The average Bonchev–Trinajstić information content (AvgIpc) is 2.96. The van der Waals surface area contributed by atoms with Crippen LogP contribution < -0.4 is 11.1 Å². The number of amides is 1.